The highest BCUT2D eigenvalue weighted by Gasteiger charge is 2.05. The van der Waals surface area contributed by atoms with Crippen molar-refractivity contribution in [2.24, 2.45) is 0 Å². The molecule has 0 aliphatic rings. The van der Waals surface area contributed by atoms with Gasteiger partial charge in [-0.1, -0.05) is 25.1 Å². The molecule has 0 atom stereocenters. The number of aromatic nitrogens is 3. The molecule has 5 heteroatoms. The molecule has 5 nitrogen and oxygen atoms in total. The smallest absolute Gasteiger partial charge is 0.343 e. The quantitative estimate of drug-likeness (QED) is 0.844. The summed E-state index contributed by atoms with van der Waals surface area (Å²) in [5, 5.41) is 6.37. The van der Waals surface area contributed by atoms with E-state index in [1.165, 1.54) is 0 Å². The van der Waals surface area contributed by atoms with Crippen LogP contribution in [0.2, 0.25) is 0 Å². The first-order valence-corrected chi connectivity index (χ1v) is 5.63. The van der Waals surface area contributed by atoms with E-state index < -0.39 is 0 Å². The molecule has 17 heavy (non-hydrogen) atoms. The van der Waals surface area contributed by atoms with Crippen LogP contribution in [0.5, 0.6) is 5.75 Å². The molecule has 0 spiro atoms. The lowest BCUT2D eigenvalue weighted by atomic mass is 10.3. The van der Waals surface area contributed by atoms with E-state index in [4.69, 9.17) is 4.74 Å². The third kappa shape index (κ3) is 2.75. The third-order valence-electron chi connectivity index (χ3n) is 2.48. The lowest BCUT2D eigenvalue weighted by molar-refractivity contribution is 0.294. The second-order valence-electron chi connectivity index (χ2n) is 3.61. The summed E-state index contributed by atoms with van der Waals surface area (Å²) in [7, 11) is 0. The van der Waals surface area contributed by atoms with Crippen molar-refractivity contribution in [1.29, 1.82) is 0 Å². The Balaban J connectivity index is 1.94. The fourth-order valence-corrected chi connectivity index (χ4v) is 1.62. The number of aryl methyl sites for hydroxylation is 1. The summed E-state index contributed by atoms with van der Waals surface area (Å²) in [6.07, 6.45) is 0.726. The van der Waals surface area contributed by atoms with Gasteiger partial charge in [0.15, 0.2) is 0 Å². The van der Waals surface area contributed by atoms with Crippen molar-refractivity contribution in [2.75, 3.05) is 6.61 Å². The highest BCUT2D eigenvalue weighted by Crippen LogP contribution is 2.07. The first-order chi connectivity index (χ1) is 8.31. The Morgan fingerprint density at radius 3 is 2.82 bits per heavy atom. The molecule has 2 aromatic rings. The van der Waals surface area contributed by atoms with Crippen LogP contribution >= 0.6 is 0 Å². The van der Waals surface area contributed by atoms with Gasteiger partial charge in [-0.15, -0.1) is 0 Å². The van der Waals surface area contributed by atoms with Gasteiger partial charge in [-0.05, 0) is 12.1 Å². The summed E-state index contributed by atoms with van der Waals surface area (Å²) in [5.41, 5.74) is -0.182. The van der Waals surface area contributed by atoms with Crippen LogP contribution in [-0.4, -0.2) is 21.4 Å². The van der Waals surface area contributed by atoms with Crippen molar-refractivity contribution in [1.82, 2.24) is 14.8 Å². The Morgan fingerprint density at radius 1 is 1.35 bits per heavy atom. The van der Waals surface area contributed by atoms with E-state index in [2.05, 4.69) is 10.2 Å². The van der Waals surface area contributed by atoms with E-state index in [1.54, 1.807) is 4.57 Å². The number of aromatic amines is 1. The molecule has 90 valence electrons. The number of rotatable bonds is 5. The summed E-state index contributed by atoms with van der Waals surface area (Å²) >= 11 is 0. The first kappa shape index (κ1) is 11.4. The van der Waals surface area contributed by atoms with Crippen LogP contribution in [-0.2, 0) is 13.0 Å². The van der Waals surface area contributed by atoms with Gasteiger partial charge in [0.05, 0.1) is 6.54 Å². The molecule has 1 aromatic heterocycles. The number of hydrogen-bond acceptors (Lipinski definition) is 3. The highest BCUT2D eigenvalue weighted by atomic mass is 16.5. The molecular formula is C12H15N3O2. The SMILES string of the molecule is CCc1n[nH]c(=O)n1CCOc1ccccc1. The number of hydrogen-bond donors (Lipinski definition) is 1. The lowest BCUT2D eigenvalue weighted by Crippen LogP contribution is -2.22. The number of benzene rings is 1. The molecule has 0 aliphatic carbocycles. The number of ether oxygens (including phenoxy) is 1. The molecule has 0 bridgehead atoms. The van der Waals surface area contributed by atoms with Crippen LogP contribution in [0.1, 0.15) is 12.7 Å². The second-order valence-corrected chi connectivity index (χ2v) is 3.61. The Bertz CT molecular complexity index is 516. The Hall–Kier alpha value is -2.04. The molecule has 0 radical (unpaired) electrons. The summed E-state index contributed by atoms with van der Waals surface area (Å²) in [5.74, 6) is 1.56. The van der Waals surface area contributed by atoms with Crippen molar-refractivity contribution >= 4 is 0 Å². The molecule has 0 unspecified atom stereocenters. The van der Waals surface area contributed by atoms with Gasteiger partial charge in [-0.25, -0.2) is 9.89 Å². The Morgan fingerprint density at radius 2 is 2.12 bits per heavy atom. The van der Waals surface area contributed by atoms with Crippen molar-refractivity contribution in [3.05, 3.63) is 46.6 Å². The second kappa shape index (κ2) is 5.34. The molecule has 0 saturated heterocycles. The standard InChI is InChI=1S/C12H15N3O2/c1-2-11-13-14-12(16)15(11)8-9-17-10-6-4-3-5-7-10/h3-7H,2,8-9H2,1H3,(H,14,16). The van der Waals surface area contributed by atoms with Gasteiger partial charge in [-0.3, -0.25) is 4.57 Å². The van der Waals surface area contributed by atoms with E-state index in [9.17, 15) is 4.79 Å². The number of nitrogens with one attached hydrogen (secondary N) is 1. The van der Waals surface area contributed by atoms with Crippen LogP contribution in [0.15, 0.2) is 35.1 Å². The van der Waals surface area contributed by atoms with E-state index in [-0.39, 0.29) is 5.69 Å². The van der Waals surface area contributed by atoms with E-state index in [0.717, 1.165) is 18.0 Å². The van der Waals surface area contributed by atoms with Crippen LogP contribution in [0.3, 0.4) is 0 Å². The monoisotopic (exact) mass is 233 g/mol. The average Bonchev–Trinajstić information content (AvgIpc) is 2.72. The van der Waals surface area contributed by atoms with Crippen molar-refractivity contribution in [3.63, 3.8) is 0 Å². The summed E-state index contributed by atoms with van der Waals surface area (Å²) in [6, 6.07) is 9.54. The molecule has 0 amide bonds. The summed E-state index contributed by atoms with van der Waals surface area (Å²) in [6.45, 7) is 2.92. The normalized spacial score (nSPS) is 10.4. The zero-order valence-electron chi connectivity index (χ0n) is 9.72. The van der Waals surface area contributed by atoms with E-state index >= 15 is 0 Å². The molecule has 1 heterocycles. The van der Waals surface area contributed by atoms with E-state index in [1.807, 2.05) is 37.3 Å². The minimum Gasteiger partial charge on any atom is -0.492 e. The van der Waals surface area contributed by atoms with Crippen molar-refractivity contribution < 1.29 is 4.74 Å². The number of para-hydroxylation sites is 1. The zero-order chi connectivity index (χ0) is 12.1. The maximum Gasteiger partial charge on any atom is 0.343 e. The predicted octanol–water partition coefficient (Wildman–Crippen LogP) is 1.21. The number of H-pyrrole nitrogens is 1. The number of nitrogens with zero attached hydrogens (tertiary/aromatic N) is 2. The van der Waals surface area contributed by atoms with Gasteiger partial charge in [-0.2, -0.15) is 5.10 Å². The summed E-state index contributed by atoms with van der Waals surface area (Å²) < 4.78 is 7.13. The highest BCUT2D eigenvalue weighted by molar-refractivity contribution is 5.20. The predicted molar refractivity (Wildman–Crippen MR) is 64.2 cm³/mol. The Kier molecular flexibility index (Phi) is 3.59. The molecule has 1 N–H and O–H groups in total. The minimum absolute atomic E-state index is 0.182. The first-order valence-electron chi connectivity index (χ1n) is 5.63. The molecule has 2 rings (SSSR count). The average molecular weight is 233 g/mol. The van der Waals surface area contributed by atoms with Gasteiger partial charge in [0.25, 0.3) is 0 Å². The Labute approximate surface area is 99.1 Å². The molecule has 0 fully saturated rings. The largest absolute Gasteiger partial charge is 0.492 e. The fourth-order valence-electron chi connectivity index (χ4n) is 1.62. The summed E-state index contributed by atoms with van der Waals surface area (Å²) in [4.78, 5) is 11.4. The molecule has 0 saturated carbocycles. The van der Waals surface area contributed by atoms with E-state index in [0.29, 0.717) is 13.2 Å². The van der Waals surface area contributed by atoms with Crippen LogP contribution in [0, 0.1) is 0 Å². The van der Waals surface area contributed by atoms with Gasteiger partial charge in [0.1, 0.15) is 18.2 Å². The molecule has 1 aromatic carbocycles. The van der Waals surface area contributed by atoms with Crippen LogP contribution in [0.25, 0.3) is 0 Å². The van der Waals surface area contributed by atoms with Crippen molar-refractivity contribution in [2.45, 2.75) is 19.9 Å². The van der Waals surface area contributed by atoms with Gasteiger partial charge >= 0.3 is 5.69 Å². The molecular weight excluding hydrogens is 218 g/mol. The minimum atomic E-state index is -0.182. The van der Waals surface area contributed by atoms with Crippen molar-refractivity contribution in [3.8, 4) is 5.75 Å². The van der Waals surface area contributed by atoms with Crippen LogP contribution in [0.4, 0.5) is 0 Å². The van der Waals surface area contributed by atoms with Gasteiger partial charge in [0.2, 0.25) is 0 Å². The lowest BCUT2D eigenvalue weighted by Gasteiger charge is -2.07. The van der Waals surface area contributed by atoms with Crippen LogP contribution < -0.4 is 10.4 Å². The topological polar surface area (TPSA) is 59.9 Å². The van der Waals surface area contributed by atoms with Gasteiger partial charge in [0, 0.05) is 6.42 Å². The maximum absolute atomic E-state index is 11.4. The third-order valence-corrected chi connectivity index (χ3v) is 2.48. The van der Waals surface area contributed by atoms with Gasteiger partial charge < -0.3 is 4.74 Å². The zero-order valence-corrected chi connectivity index (χ0v) is 9.72. The fraction of sp³-hybridized carbons (Fsp3) is 0.333. The maximum atomic E-state index is 11.4. The molecule has 0 aliphatic heterocycles.